The van der Waals surface area contributed by atoms with Crippen LogP contribution in [-0.4, -0.2) is 47.9 Å². The van der Waals surface area contributed by atoms with Crippen LogP contribution in [0.1, 0.15) is 24.5 Å². The van der Waals surface area contributed by atoms with E-state index in [4.69, 9.17) is 0 Å². The number of aliphatic carboxylic acids is 1. The third-order valence-electron chi connectivity index (χ3n) is 4.25. The second kappa shape index (κ2) is 7.94. The zero-order valence-corrected chi connectivity index (χ0v) is 14.3. The molecule has 1 aliphatic heterocycles. The van der Waals surface area contributed by atoms with Gasteiger partial charge < -0.3 is 20.1 Å². The summed E-state index contributed by atoms with van der Waals surface area (Å²) in [4.78, 5) is 24.8. The van der Waals surface area contributed by atoms with Gasteiger partial charge in [-0.15, -0.1) is 0 Å². The topological polar surface area (TPSA) is 78.9 Å². The summed E-state index contributed by atoms with van der Waals surface area (Å²) in [5.74, 6) is -0.931. The molecule has 0 saturated carbocycles. The van der Waals surface area contributed by atoms with Gasteiger partial charge in [-0.3, -0.25) is 4.79 Å². The summed E-state index contributed by atoms with van der Waals surface area (Å²) in [6, 6.07) is 6.33. The lowest BCUT2D eigenvalue weighted by Gasteiger charge is -2.20. The van der Waals surface area contributed by atoms with E-state index in [2.05, 4.69) is 10.1 Å². The third kappa shape index (κ3) is 5.62. The number of carbonyl (C=O) groups excluding carboxylic acids is 1. The fraction of sp³-hybridized carbons (Fsp3) is 0.529. The lowest BCUT2D eigenvalue weighted by atomic mass is 9.90. The molecule has 1 atom stereocenters. The number of hydrogen-bond donors (Lipinski definition) is 2. The molecule has 0 bridgehead atoms. The Morgan fingerprint density at radius 1 is 1.35 bits per heavy atom. The van der Waals surface area contributed by atoms with Gasteiger partial charge in [0.25, 0.3) is 0 Å². The molecule has 1 saturated heterocycles. The number of urea groups is 1. The van der Waals surface area contributed by atoms with Crippen LogP contribution in [0.15, 0.2) is 24.3 Å². The maximum Gasteiger partial charge on any atom is 0.411 e. The molecule has 2 N–H and O–H groups in total. The summed E-state index contributed by atoms with van der Waals surface area (Å²) in [6.07, 6.45) is -3.98. The number of halogens is 3. The van der Waals surface area contributed by atoms with Crippen molar-refractivity contribution in [1.82, 2.24) is 10.2 Å². The van der Waals surface area contributed by atoms with Gasteiger partial charge in [0.05, 0.1) is 12.0 Å². The van der Waals surface area contributed by atoms with Crippen LogP contribution in [0, 0.1) is 5.41 Å². The number of carboxylic acids is 1. The van der Waals surface area contributed by atoms with Gasteiger partial charge in [0.2, 0.25) is 0 Å². The first-order valence-corrected chi connectivity index (χ1v) is 8.07. The van der Waals surface area contributed by atoms with Crippen molar-refractivity contribution in [2.75, 3.05) is 19.7 Å². The number of carbonyl (C=O) groups is 2. The van der Waals surface area contributed by atoms with Crippen molar-refractivity contribution in [3.8, 4) is 0 Å². The van der Waals surface area contributed by atoms with Crippen molar-refractivity contribution in [2.45, 2.75) is 32.7 Å². The van der Waals surface area contributed by atoms with E-state index in [1.165, 1.54) is 4.90 Å². The van der Waals surface area contributed by atoms with E-state index in [-0.39, 0.29) is 25.7 Å². The van der Waals surface area contributed by atoms with E-state index in [0.717, 1.165) is 0 Å². The number of rotatable bonds is 6. The molecule has 0 aromatic heterocycles. The number of hydrogen-bond acceptors (Lipinski definition) is 3. The van der Waals surface area contributed by atoms with Gasteiger partial charge >= 0.3 is 18.2 Å². The molecular weight excluding hydrogens is 353 g/mol. The number of nitrogens with one attached hydrogen (secondary N) is 1. The Labute approximate surface area is 148 Å². The average Bonchev–Trinajstić information content (AvgIpc) is 2.96. The summed E-state index contributed by atoms with van der Waals surface area (Å²) in [7, 11) is 0. The highest BCUT2D eigenvalue weighted by atomic mass is 19.4. The Bertz CT molecular complexity index is 666. The fourth-order valence-electron chi connectivity index (χ4n) is 2.71. The molecule has 9 heteroatoms. The Morgan fingerprint density at radius 2 is 2.04 bits per heavy atom. The van der Waals surface area contributed by atoms with Crippen molar-refractivity contribution in [3.63, 3.8) is 0 Å². The monoisotopic (exact) mass is 374 g/mol. The smallest absolute Gasteiger partial charge is 0.411 e. The van der Waals surface area contributed by atoms with Crippen LogP contribution in [0.3, 0.4) is 0 Å². The van der Waals surface area contributed by atoms with E-state index in [1.807, 2.05) is 0 Å². The van der Waals surface area contributed by atoms with Crippen LogP contribution >= 0.6 is 0 Å². The van der Waals surface area contributed by atoms with E-state index < -0.39 is 24.2 Å². The first-order valence-electron chi connectivity index (χ1n) is 8.07. The van der Waals surface area contributed by atoms with Gasteiger partial charge in [0, 0.05) is 19.6 Å². The molecule has 1 aliphatic rings. The molecule has 1 aromatic rings. The molecular formula is C17H21F3N2O4. The van der Waals surface area contributed by atoms with Crippen molar-refractivity contribution >= 4 is 12.0 Å². The minimum atomic E-state index is -4.37. The Morgan fingerprint density at radius 3 is 2.65 bits per heavy atom. The molecule has 0 spiro atoms. The predicted octanol–water partition coefficient (Wildman–Crippen LogP) is 2.77. The summed E-state index contributed by atoms with van der Waals surface area (Å²) in [5.41, 5.74) is 0.347. The molecule has 144 valence electrons. The molecule has 0 radical (unpaired) electrons. The molecule has 0 aliphatic carbocycles. The van der Waals surface area contributed by atoms with E-state index >= 15 is 0 Å². The van der Waals surface area contributed by atoms with E-state index in [9.17, 15) is 27.9 Å². The Balaban J connectivity index is 1.83. The second-order valence-corrected chi connectivity index (χ2v) is 6.62. The molecule has 6 nitrogen and oxygen atoms in total. The SMILES string of the molecule is CC1(C(=O)O)CCN(C(=O)NCc2cccc(COCC(F)(F)F)c2)C1. The summed E-state index contributed by atoms with van der Waals surface area (Å²) < 4.78 is 40.9. The molecule has 1 heterocycles. The van der Waals surface area contributed by atoms with Gasteiger partial charge in [0.15, 0.2) is 0 Å². The number of benzene rings is 1. The summed E-state index contributed by atoms with van der Waals surface area (Å²) in [6.45, 7) is 0.800. The number of likely N-dealkylation sites (tertiary alicyclic amines) is 1. The average molecular weight is 374 g/mol. The number of carboxylic acid groups (broad SMARTS) is 1. The van der Waals surface area contributed by atoms with Crippen LogP contribution in [0.5, 0.6) is 0 Å². The number of ether oxygens (including phenoxy) is 1. The van der Waals surface area contributed by atoms with Crippen molar-refractivity contribution in [2.24, 2.45) is 5.41 Å². The van der Waals surface area contributed by atoms with Crippen LogP contribution in [0.2, 0.25) is 0 Å². The maximum absolute atomic E-state index is 12.2. The first kappa shape index (κ1) is 20.0. The molecule has 26 heavy (non-hydrogen) atoms. The third-order valence-corrected chi connectivity index (χ3v) is 4.25. The Hall–Kier alpha value is -2.29. The first-order chi connectivity index (χ1) is 12.1. The van der Waals surface area contributed by atoms with Crippen LogP contribution in [0.25, 0.3) is 0 Å². The van der Waals surface area contributed by atoms with Crippen LogP contribution in [0.4, 0.5) is 18.0 Å². The lowest BCUT2D eigenvalue weighted by Crippen LogP contribution is -2.40. The van der Waals surface area contributed by atoms with Gasteiger partial charge in [-0.1, -0.05) is 24.3 Å². The summed E-state index contributed by atoms with van der Waals surface area (Å²) >= 11 is 0. The highest BCUT2D eigenvalue weighted by molar-refractivity contribution is 5.79. The van der Waals surface area contributed by atoms with E-state index in [1.54, 1.807) is 31.2 Å². The van der Waals surface area contributed by atoms with Crippen LogP contribution < -0.4 is 5.32 Å². The van der Waals surface area contributed by atoms with Gasteiger partial charge in [-0.25, -0.2) is 4.79 Å². The van der Waals surface area contributed by atoms with Gasteiger partial charge in [0.1, 0.15) is 6.61 Å². The normalized spacial score (nSPS) is 20.2. The zero-order chi connectivity index (χ0) is 19.4. The van der Waals surface area contributed by atoms with Gasteiger partial charge in [-0.2, -0.15) is 13.2 Å². The fourth-order valence-corrected chi connectivity index (χ4v) is 2.71. The molecule has 1 aromatic carbocycles. The van der Waals surface area contributed by atoms with Crippen molar-refractivity contribution < 1.29 is 32.6 Å². The maximum atomic E-state index is 12.2. The quantitative estimate of drug-likeness (QED) is 0.803. The van der Waals surface area contributed by atoms with Gasteiger partial charge in [-0.05, 0) is 24.5 Å². The standard InChI is InChI=1S/C17H21F3N2O4/c1-16(14(23)24)5-6-22(10-16)15(25)21-8-12-3-2-4-13(7-12)9-26-11-17(18,19)20/h2-4,7H,5-6,8-11H2,1H3,(H,21,25)(H,23,24). The molecule has 1 unspecified atom stereocenters. The Kier molecular flexibility index (Phi) is 6.12. The number of alkyl halides is 3. The lowest BCUT2D eigenvalue weighted by molar-refractivity contribution is -0.176. The number of amides is 2. The summed E-state index contributed by atoms with van der Waals surface area (Å²) in [5, 5.41) is 11.9. The predicted molar refractivity (Wildman–Crippen MR) is 86.3 cm³/mol. The van der Waals surface area contributed by atoms with Crippen LogP contribution in [-0.2, 0) is 22.7 Å². The van der Waals surface area contributed by atoms with E-state index in [0.29, 0.717) is 24.1 Å². The molecule has 1 fully saturated rings. The second-order valence-electron chi connectivity index (χ2n) is 6.62. The minimum Gasteiger partial charge on any atom is -0.481 e. The van der Waals surface area contributed by atoms with Crippen molar-refractivity contribution in [3.05, 3.63) is 35.4 Å². The van der Waals surface area contributed by atoms with Crippen molar-refractivity contribution in [1.29, 1.82) is 0 Å². The highest BCUT2D eigenvalue weighted by Crippen LogP contribution is 2.30. The zero-order valence-electron chi connectivity index (χ0n) is 14.3. The molecule has 2 rings (SSSR count). The minimum absolute atomic E-state index is 0.138. The highest BCUT2D eigenvalue weighted by Gasteiger charge is 2.42. The molecule has 2 amide bonds. The largest absolute Gasteiger partial charge is 0.481 e. The number of nitrogens with zero attached hydrogens (tertiary/aromatic N) is 1.